The molecule has 1 aliphatic heterocycles. The molecule has 4 rings (SSSR count). The van der Waals surface area contributed by atoms with E-state index in [9.17, 15) is 15.0 Å². The lowest BCUT2D eigenvalue weighted by atomic mass is 9.95. The fraction of sp³-hybridized carbons (Fsp3) is 0.368. The number of aliphatic hydroxyl groups excluding tert-OH is 1. The smallest absolute Gasteiger partial charge is 0.289 e. The van der Waals surface area contributed by atoms with Crippen molar-refractivity contribution in [2.24, 2.45) is 5.92 Å². The average Bonchev–Trinajstić information content (AvgIpc) is 3.25. The van der Waals surface area contributed by atoms with Crippen LogP contribution in [0.2, 0.25) is 0 Å². The number of nitrogens with zero attached hydrogens (tertiary/aromatic N) is 3. The molecule has 0 bridgehead atoms. The molecule has 1 atom stereocenters. The molecule has 0 radical (unpaired) electrons. The van der Waals surface area contributed by atoms with Gasteiger partial charge in [0.1, 0.15) is 5.75 Å². The van der Waals surface area contributed by atoms with Crippen molar-refractivity contribution >= 4 is 11.5 Å². The second-order valence-corrected chi connectivity index (χ2v) is 6.75. The number of phenolic OH excluding ortho intramolecular Hbond substituents is 1. The summed E-state index contributed by atoms with van der Waals surface area (Å²) in [6.07, 6.45) is 8.32. The van der Waals surface area contributed by atoms with E-state index in [1.54, 1.807) is 35.6 Å². The van der Waals surface area contributed by atoms with Gasteiger partial charge in [0.2, 0.25) is 0 Å². The number of hydrogen-bond donors (Lipinski definition) is 2. The van der Waals surface area contributed by atoms with E-state index < -0.39 is 0 Å². The highest BCUT2D eigenvalue weighted by Crippen LogP contribution is 2.46. The summed E-state index contributed by atoms with van der Waals surface area (Å²) in [4.78, 5) is 18.5. The zero-order valence-electron chi connectivity index (χ0n) is 13.9. The van der Waals surface area contributed by atoms with E-state index in [0.29, 0.717) is 18.0 Å². The first-order valence-corrected chi connectivity index (χ1v) is 8.64. The monoisotopic (exact) mass is 339 g/mol. The molecule has 25 heavy (non-hydrogen) atoms. The molecule has 1 aromatic heterocycles. The molecule has 1 fully saturated rings. The van der Waals surface area contributed by atoms with Crippen LogP contribution in [0.3, 0.4) is 0 Å². The van der Waals surface area contributed by atoms with E-state index in [1.165, 1.54) is 0 Å². The first kappa shape index (κ1) is 15.7. The maximum Gasteiger partial charge on any atom is 0.289 e. The number of aliphatic hydroxyl groups is 1. The number of aromatic nitrogens is 2. The number of amides is 1. The predicted octanol–water partition coefficient (Wildman–Crippen LogP) is 2.57. The van der Waals surface area contributed by atoms with Gasteiger partial charge in [0.25, 0.3) is 5.91 Å². The molecule has 2 aliphatic rings. The lowest BCUT2D eigenvalue weighted by molar-refractivity contribution is -0.129. The molecule has 2 aromatic rings. The van der Waals surface area contributed by atoms with Gasteiger partial charge in [-0.15, -0.1) is 0 Å². The molecule has 2 heterocycles. The van der Waals surface area contributed by atoms with E-state index in [0.717, 1.165) is 31.4 Å². The maximum absolute atomic E-state index is 12.6. The van der Waals surface area contributed by atoms with Crippen LogP contribution in [-0.4, -0.2) is 43.2 Å². The van der Waals surface area contributed by atoms with Gasteiger partial charge in [-0.25, -0.2) is 4.98 Å². The Kier molecular flexibility index (Phi) is 3.95. The van der Waals surface area contributed by atoms with Gasteiger partial charge in [-0.05, 0) is 42.9 Å². The van der Waals surface area contributed by atoms with Gasteiger partial charge >= 0.3 is 0 Å². The van der Waals surface area contributed by atoms with Crippen LogP contribution < -0.4 is 0 Å². The minimum atomic E-state index is -0.305. The molecular formula is C19H21N3O3. The van der Waals surface area contributed by atoms with Crippen LogP contribution in [0.25, 0.3) is 5.57 Å². The minimum absolute atomic E-state index is 0.0999. The Hall–Kier alpha value is -2.76. The third kappa shape index (κ3) is 2.99. The number of imidazole rings is 1. The standard InChI is InChI=1S/C19H21N3O3/c23-15-4-1-3-14(11-15)16-17(13-5-6-13)22(19(25)18(16)24)9-2-8-21-10-7-20-12-21/h1,3-4,7,10-13,17,23-24H,2,5-6,8-9H2. The number of phenols is 1. The minimum Gasteiger partial charge on any atom is -0.508 e. The zero-order valence-corrected chi connectivity index (χ0v) is 13.9. The van der Waals surface area contributed by atoms with Crippen molar-refractivity contribution < 1.29 is 15.0 Å². The highest BCUT2D eigenvalue weighted by Gasteiger charge is 2.47. The molecule has 1 aliphatic carbocycles. The number of benzene rings is 1. The fourth-order valence-electron chi connectivity index (χ4n) is 3.64. The van der Waals surface area contributed by atoms with Crippen molar-refractivity contribution in [1.29, 1.82) is 0 Å². The molecule has 6 heteroatoms. The first-order chi connectivity index (χ1) is 12.1. The van der Waals surface area contributed by atoms with Crippen LogP contribution in [0, 0.1) is 5.92 Å². The van der Waals surface area contributed by atoms with Gasteiger partial charge < -0.3 is 19.7 Å². The number of aromatic hydroxyl groups is 1. The molecule has 0 spiro atoms. The summed E-state index contributed by atoms with van der Waals surface area (Å²) in [5.41, 5.74) is 1.38. The number of rotatable bonds is 6. The highest BCUT2D eigenvalue weighted by atomic mass is 16.3. The molecule has 130 valence electrons. The molecular weight excluding hydrogens is 318 g/mol. The van der Waals surface area contributed by atoms with E-state index >= 15 is 0 Å². The third-order valence-electron chi connectivity index (χ3n) is 4.95. The van der Waals surface area contributed by atoms with E-state index in [4.69, 9.17) is 0 Å². The summed E-state index contributed by atoms with van der Waals surface area (Å²) in [5, 5.41) is 20.3. The molecule has 2 N–H and O–H groups in total. The molecule has 6 nitrogen and oxygen atoms in total. The Morgan fingerprint density at radius 3 is 2.72 bits per heavy atom. The largest absolute Gasteiger partial charge is 0.508 e. The number of aryl methyl sites for hydroxylation is 1. The van der Waals surface area contributed by atoms with Crippen LogP contribution in [0.4, 0.5) is 0 Å². The Labute approximate surface area is 146 Å². The second kappa shape index (κ2) is 6.27. The summed E-state index contributed by atoms with van der Waals surface area (Å²) < 4.78 is 1.98. The van der Waals surface area contributed by atoms with Gasteiger partial charge in [-0.1, -0.05) is 12.1 Å². The third-order valence-corrected chi connectivity index (χ3v) is 4.95. The van der Waals surface area contributed by atoms with Gasteiger partial charge in [-0.2, -0.15) is 0 Å². The average molecular weight is 339 g/mol. The van der Waals surface area contributed by atoms with Gasteiger partial charge in [0.05, 0.1) is 12.4 Å². The SMILES string of the molecule is O=C1C(O)=C(c2cccc(O)c2)C(C2CC2)N1CCCn1ccnc1. The summed E-state index contributed by atoms with van der Waals surface area (Å²) in [6.45, 7) is 1.37. The van der Waals surface area contributed by atoms with Crippen LogP contribution >= 0.6 is 0 Å². The maximum atomic E-state index is 12.6. The summed E-state index contributed by atoms with van der Waals surface area (Å²) in [5.74, 6) is 0.0450. The number of carbonyl (C=O) groups excluding carboxylic acids is 1. The Morgan fingerprint density at radius 1 is 1.20 bits per heavy atom. The predicted molar refractivity (Wildman–Crippen MR) is 92.7 cm³/mol. The lowest BCUT2D eigenvalue weighted by Gasteiger charge is -2.27. The quantitative estimate of drug-likeness (QED) is 0.848. The molecule has 1 saturated carbocycles. The van der Waals surface area contributed by atoms with Gasteiger partial charge in [0.15, 0.2) is 5.76 Å². The zero-order chi connectivity index (χ0) is 17.4. The van der Waals surface area contributed by atoms with Gasteiger partial charge in [0, 0.05) is 31.1 Å². The van der Waals surface area contributed by atoms with Crippen molar-refractivity contribution in [3.63, 3.8) is 0 Å². The van der Waals surface area contributed by atoms with Crippen LogP contribution in [0.15, 0.2) is 48.7 Å². The van der Waals surface area contributed by atoms with Crippen molar-refractivity contribution in [2.45, 2.75) is 31.8 Å². The van der Waals surface area contributed by atoms with Crippen molar-refractivity contribution in [1.82, 2.24) is 14.5 Å². The summed E-state index contributed by atoms with van der Waals surface area (Å²) >= 11 is 0. The molecule has 0 saturated heterocycles. The van der Waals surface area contributed by atoms with Crippen LogP contribution in [0.5, 0.6) is 5.75 Å². The summed E-state index contributed by atoms with van der Waals surface area (Å²) in [6, 6.07) is 6.68. The summed E-state index contributed by atoms with van der Waals surface area (Å²) in [7, 11) is 0. The normalized spacial score (nSPS) is 20.6. The molecule has 1 aromatic carbocycles. The van der Waals surface area contributed by atoms with E-state index in [2.05, 4.69) is 4.98 Å². The lowest BCUT2D eigenvalue weighted by Crippen LogP contribution is -2.38. The second-order valence-electron chi connectivity index (χ2n) is 6.75. The van der Waals surface area contributed by atoms with Crippen molar-refractivity contribution in [2.75, 3.05) is 6.54 Å². The first-order valence-electron chi connectivity index (χ1n) is 8.64. The number of hydrogen-bond acceptors (Lipinski definition) is 4. The highest BCUT2D eigenvalue weighted by molar-refractivity contribution is 6.05. The van der Waals surface area contributed by atoms with Crippen LogP contribution in [0.1, 0.15) is 24.8 Å². The Balaban J connectivity index is 1.56. The topological polar surface area (TPSA) is 78.6 Å². The number of carbonyl (C=O) groups is 1. The van der Waals surface area contributed by atoms with E-state index in [-0.39, 0.29) is 23.5 Å². The fourth-order valence-corrected chi connectivity index (χ4v) is 3.64. The Morgan fingerprint density at radius 2 is 2.04 bits per heavy atom. The van der Waals surface area contributed by atoms with Crippen molar-refractivity contribution in [3.05, 3.63) is 54.3 Å². The van der Waals surface area contributed by atoms with Crippen LogP contribution in [-0.2, 0) is 11.3 Å². The van der Waals surface area contributed by atoms with E-state index in [1.807, 2.05) is 16.8 Å². The Bertz CT molecular complexity index is 809. The van der Waals surface area contributed by atoms with Gasteiger partial charge in [-0.3, -0.25) is 4.79 Å². The molecule has 1 amide bonds. The molecule has 1 unspecified atom stereocenters. The van der Waals surface area contributed by atoms with Crippen molar-refractivity contribution in [3.8, 4) is 5.75 Å².